The number of hydrazine groups is 1. The quantitative estimate of drug-likeness (QED) is 0.544. The van der Waals surface area contributed by atoms with Crippen LogP contribution in [-0.4, -0.2) is 29.1 Å². The zero-order valence-electron chi connectivity index (χ0n) is 6.62. The molecular formula is C7H11N5. The molecule has 1 aromatic rings. The Balaban J connectivity index is 1.94. The highest BCUT2D eigenvalue weighted by atomic mass is 15.4. The van der Waals surface area contributed by atoms with Gasteiger partial charge in [-0.1, -0.05) is 0 Å². The van der Waals surface area contributed by atoms with Crippen LogP contribution < -0.4 is 16.2 Å². The number of aromatic nitrogens is 2. The second-order valence-electron chi connectivity index (χ2n) is 2.70. The summed E-state index contributed by atoms with van der Waals surface area (Å²) < 4.78 is 0. The van der Waals surface area contributed by atoms with E-state index in [1.807, 2.05) is 6.07 Å². The van der Waals surface area contributed by atoms with Crippen molar-refractivity contribution in [3.05, 3.63) is 18.6 Å². The van der Waals surface area contributed by atoms with Crippen LogP contribution in [0.3, 0.4) is 0 Å². The summed E-state index contributed by atoms with van der Waals surface area (Å²) in [4.78, 5) is 7.90. The van der Waals surface area contributed by atoms with E-state index in [2.05, 4.69) is 26.1 Å². The van der Waals surface area contributed by atoms with Crippen LogP contribution in [-0.2, 0) is 0 Å². The van der Waals surface area contributed by atoms with Crippen LogP contribution in [0.1, 0.15) is 0 Å². The van der Waals surface area contributed by atoms with E-state index in [9.17, 15) is 0 Å². The van der Waals surface area contributed by atoms with Crippen molar-refractivity contribution in [1.29, 1.82) is 0 Å². The third-order valence-corrected chi connectivity index (χ3v) is 1.76. The number of hydrogen-bond donors (Lipinski definition) is 3. The lowest BCUT2D eigenvalue weighted by Gasteiger charge is -2.09. The van der Waals surface area contributed by atoms with Crippen molar-refractivity contribution in [2.75, 3.05) is 18.4 Å². The molecule has 2 rings (SSSR count). The number of hydrogen-bond acceptors (Lipinski definition) is 5. The average Bonchev–Trinajstić information content (AvgIpc) is 2.59. The second kappa shape index (κ2) is 3.46. The fourth-order valence-corrected chi connectivity index (χ4v) is 1.15. The summed E-state index contributed by atoms with van der Waals surface area (Å²) in [6, 6.07) is 2.28. The highest BCUT2D eigenvalue weighted by Crippen LogP contribution is 2.01. The van der Waals surface area contributed by atoms with Crippen LogP contribution >= 0.6 is 0 Å². The summed E-state index contributed by atoms with van der Waals surface area (Å²) in [5.41, 5.74) is 6.07. The Morgan fingerprint density at radius 2 is 2.25 bits per heavy atom. The SMILES string of the molecule is c1cc(NC2CNNC2)ncn1. The molecule has 1 fully saturated rings. The highest BCUT2D eigenvalue weighted by molar-refractivity contribution is 5.33. The van der Waals surface area contributed by atoms with E-state index in [0.717, 1.165) is 18.9 Å². The summed E-state index contributed by atoms with van der Waals surface area (Å²) >= 11 is 0. The first-order valence-corrected chi connectivity index (χ1v) is 3.93. The predicted molar refractivity (Wildman–Crippen MR) is 45.4 cm³/mol. The van der Waals surface area contributed by atoms with Gasteiger partial charge in [-0.3, -0.25) is 10.9 Å². The van der Waals surface area contributed by atoms with Gasteiger partial charge in [0.1, 0.15) is 12.1 Å². The van der Waals surface area contributed by atoms with Crippen molar-refractivity contribution in [1.82, 2.24) is 20.8 Å². The van der Waals surface area contributed by atoms with E-state index in [-0.39, 0.29) is 0 Å². The molecule has 1 aliphatic rings. The fraction of sp³-hybridized carbons (Fsp3) is 0.429. The Labute approximate surface area is 70.6 Å². The van der Waals surface area contributed by atoms with Crippen molar-refractivity contribution >= 4 is 5.82 Å². The molecule has 64 valence electrons. The number of anilines is 1. The topological polar surface area (TPSA) is 61.9 Å². The maximum Gasteiger partial charge on any atom is 0.129 e. The van der Waals surface area contributed by atoms with Gasteiger partial charge in [-0.25, -0.2) is 9.97 Å². The highest BCUT2D eigenvalue weighted by Gasteiger charge is 2.13. The van der Waals surface area contributed by atoms with Crippen LogP contribution in [0, 0.1) is 0 Å². The molecule has 0 amide bonds. The fourth-order valence-electron chi connectivity index (χ4n) is 1.15. The lowest BCUT2D eigenvalue weighted by molar-refractivity contribution is 0.689. The normalized spacial score (nSPS) is 18.0. The first-order chi connectivity index (χ1) is 5.95. The van der Waals surface area contributed by atoms with Gasteiger partial charge >= 0.3 is 0 Å². The first kappa shape index (κ1) is 7.45. The van der Waals surface area contributed by atoms with Gasteiger partial charge in [-0.05, 0) is 6.07 Å². The van der Waals surface area contributed by atoms with E-state index in [1.165, 1.54) is 6.33 Å². The van der Waals surface area contributed by atoms with Gasteiger partial charge in [0.05, 0.1) is 6.04 Å². The maximum absolute atomic E-state index is 4.06. The Morgan fingerprint density at radius 3 is 2.92 bits per heavy atom. The molecule has 5 heteroatoms. The van der Waals surface area contributed by atoms with E-state index >= 15 is 0 Å². The molecule has 0 unspecified atom stereocenters. The minimum atomic E-state index is 0.417. The zero-order valence-corrected chi connectivity index (χ0v) is 6.62. The molecule has 0 spiro atoms. The summed E-state index contributed by atoms with van der Waals surface area (Å²) in [5.74, 6) is 0.875. The molecule has 2 heterocycles. The predicted octanol–water partition coefficient (Wildman–Crippen LogP) is -0.635. The molecule has 0 aromatic carbocycles. The van der Waals surface area contributed by atoms with E-state index < -0.39 is 0 Å². The van der Waals surface area contributed by atoms with Crippen LogP contribution in [0.25, 0.3) is 0 Å². The molecule has 1 aliphatic heterocycles. The van der Waals surface area contributed by atoms with Gasteiger partial charge in [-0.15, -0.1) is 0 Å². The van der Waals surface area contributed by atoms with Crippen molar-refractivity contribution in [2.45, 2.75) is 6.04 Å². The minimum Gasteiger partial charge on any atom is -0.365 e. The molecule has 3 N–H and O–H groups in total. The Kier molecular flexibility index (Phi) is 2.15. The average molecular weight is 165 g/mol. The Morgan fingerprint density at radius 1 is 1.42 bits per heavy atom. The van der Waals surface area contributed by atoms with E-state index in [1.54, 1.807) is 6.20 Å². The van der Waals surface area contributed by atoms with Crippen LogP contribution in [0.15, 0.2) is 18.6 Å². The molecule has 0 bridgehead atoms. The second-order valence-corrected chi connectivity index (χ2v) is 2.70. The summed E-state index contributed by atoms with van der Waals surface area (Å²) in [5, 5.41) is 3.26. The molecule has 1 aromatic heterocycles. The van der Waals surface area contributed by atoms with Crippen molar-refractivity contribution in [3.63, 3.8) is 0 Å². The summed E-state index contributed by atoms with van der Waals surface area (Å²) in [6.45, 7) is 1.84. The van der Waals surface area contributed by atoms with Gasteiger partial charge in [0, 0.05) is 19.3 Å². The zero-order chi connectivity index (χ0) is 8.23. The number of nitrogens with zero attached hydrogens (tertiary/aromatic N) is 2. The Hall–Kier alpha value is -1.20. The lowest BCUT2D eigenvalue weighted by Crippen LogP contribution is -2.24. The summed E-state index contributed by atoms with van der Waals surface area (Å²) in [7, 11) is 0. The van der Waals surface area contributed by atoms with Gasteiger partial charge in [-0.2, -0.15) is 0 Å². The smallest absolute Gasteiger partial charge is 0.129 e. The van der Waals surface area contributed by atoms with Gasteiger partial charge in [0.2, 0.25) is 0 Å². The number of rotatable bonds is 2. The monoisotopic (exact) mass is 165 g/mol. The molecule has 0 radical (unpaired) electrons. The third-order valence-electron chi connectivity index (χ3n) is 1.76. The maximum atomic E-state index is 4.06. The van der Waals surface area contributed by atoms with Crippen molar-refractivity contribution < 1.29 is 0 Å². The summed E-state index contributed by atoms with van der Waals surface area (Å²) in [6.07, 6.45) is 3.27. The van der Waals surface area contributed by atoms with E-state index in [0.29, 0.717) is 6.04 Å². The molecule has 5 nitrogen and oxygen atoms in total. The standard InChI is InChI=1S/C7H11N5/c1-2-8-5-9-7(1)12-6-3-10-11-4-6/h1-2,5-6,10-11H,3-4H2,(H,8,9,12). The largest absolute Gasteiger partial charge is 0.365 e. The molecule has 0 aliphatic carbocycles. The van der Waals surface area contributed by atoms with Crippen LogP contribution in [0.2, 0.25) is 0 Å². The van der Waals surface area contributed by atoms with Gasteiger partial charge in [0.15, 0.2) is 0 Å². The lowest BCUT2D eigenvalue weighted by atomic mass is 10.3. The minimum absolute atomic E-state index is 0.417. The molecule has 12 heavy (non-hydrogen) atoms. The molecule has 0 saturated carbocycles. The van der Waals surface area contributed by atoms with Gasteiger partial charge in [0.25, 0.3) is 0 Å². The van der Waals surface area contributed by atoms with Gasteiger partial charge < -0.3 is 5.32 Å². The van der Waals surface area contributed by atoms with E-state index in [4.69, 9.17) is 0 Å². The molecule has 1 saturated heterocycles. The van der Waals surface area contributed by atoms with Crippen molar-refractivity contribution in [2.24, 2.45) is 0 Å². The molecule has 0 atom stereocenters. The Bertz CT molecular complexity index is 231. The van der Waals surface area contributed by atoms with Crippen LogP contribution in [0.5, 0.6) is 0 Å². The number of nitrogens with one attached hydrogen (secondary N) is 3. The van der Waals surface area contributed by atoms with Crippen LogP contribution in [0.4, 0.5) is 5.82 Å². The first-order valence-electron chi connectivity index (χ1n) is 3.93. The molecular weight excluding hydrogens is 154 g/mol. The van der Waals surface area contributed by atoms with Crippen molar-refractivity contribution in [3.8, 4) is 0 Å². The third kappa shape index (κ3) is 1.69.